The van der Waals surface area contributed by atoms with Crippen LogP contribution in [0.5, 0.6) is 0 Å². The van der Waals surface area contributed by atoms with E-state index in [0.717, 1.165) is 29.8 Å². The highest BCUT2D eigenvalue weighted by Gasteiger charge is 2.32. The minimum Gasteiger partial charge on any atom is -0.466 e. The Morgan fingerprint density at radius 3 is 2.67 bits per heavy atom. The highest BCUT2D eigenvalue weighted by atomic mass is 16.5. The first kappa shape index (κ1) is 19.1. The van der Waals surface area contributed by atoms with E-state index >= 15 is 0 Å². The number of piperidine rings is 1. The van der Waals surface area contributed by atoms with E-state index in [9.17, 15) is 9.59 Å². The molecule has 0 aliphatic carbocycles. The number of carbonyl (C=O) groups excluding carboxylic acids is 2. The van der Waals surface area contributed by atoms with E-state index in [1.54, 1.807) is 11.8 Å². The second-order valence-corrected chi connectivity index (χ2v) is 7.09. The van der Waals surface area contributed by atoms with E-state index in [2.05, 4.69) is 5.10 Å². The summed E-state index contributed by atoms with van der Waals surface area (Å²) in [4.78, 5) is 27.1. The zero-order valence-electron chi connectivity index (χ0n) is 16.5. The van der Waals surface area contributed by atoms with Gasteiger partial charge in [-0.3, -0.25) is 9.59 Å². The molecular formula is C21H27N3O3. The SMILES string of the molecule is CCOC(=O)[C@@H]1CCCN(C(=O)c2c(C)nn(-c3ccccc3C)c2C)C1. The van der Waals surface area contributed by atoms with Crippen molar-refractivity contribution in [2.75, 3.05) is 19.7 Å². The number of amides is 1. The summed E-state index contributed by atoms with van der Waals surface area (Å²) in [5.41, 5.74) is 4.23. The van der Waals surface area contributed by atoms with Crippen LogP contribution in [-0.4, -0.2) is 46.3 Å². The number of nitrogens with zero attached hydrogens (tertiary/aromatic N) is 3. The predicted molar refractivity (Wildman–Crippen MR) is 103 cm³/mol. The Labute approximate surface area is 160 Å². The fraction of sp³-hybridized carbons (Fsp3) is 0.476. The molecule has 1 aliphatic heterocycles. The topological polar surface area (TPSA) is 64.4 Å². The van der Waals surface area contributed by atoms with Gasteiger partial charge in [-0.05, 0) is 52.2 Å². The van der Waals surface area contributed by atoms with Crippen LogP contribution in [0.1, 0.15) is 47.1 Å². The molecule has 0 bridgehead atoms. The second-order valence-electron chi connectivity index (χ2n) is 7.09. The molecule has 6 heteroatoms. The zero-order valence-corrected chi connectivity index (χ0v) is 16.5. The third-order valence-electron chi connectivity index (χ3n) is 5.18. The number of para-hydroxylation sites is 1. The van der Waals surface area contributed by atoms with Crippen LogP contribution in [0.2, 0.25) is 0 Å². The van der Waals surface area contributed by atoms with Gasteiger partial charge in [0.05, 0.1) is 35.2 Å². The first-order valence-electron chi connectivity index (χ1n) is 9.52. The van der Waals surface area contributed by atoms with Crippen LogP contribution in [0.15, 0.2) is 24.3 Å². The largest absolute Gasteiger partial charge is 0.466 e. The van der Waals surface area contributed by atoms with Gasteiger partial charge in [-0.15, -0.1) is 0 Å². The summed E-state index contributed by atoms with van der Waals surface area (Å²) in [7, 11) is 0. The molecule has 1 fully saturated rings. The molecule has 3 rings (SSSR count). The molecule has 1 atom stereocenters. The Morgan fingerprint density at radius 2 is 1.96 bits per heavy atom. The van der Waals surface area contributed by atoms with Crippen molar-refractivity contribution in [2.24, 2.45) is 5.92 Å². The van der Waals surface area contributed by atoms with Crippen molar-refractivity contribution >= 4 is 11.9 Å². The van der Waals surface area contributed by atoms with Gasteiger partial charge in [0.2, 0.25) is 0 Å². The molecule has 2 heterocycles. The van der Waals surface area contributed by atoms with Gasteiger partial charge >= 0.3 is 5.97 Å². The maximum absolute atomic E-state index is 13.2. The Bertz CT molecular complexity index is 856. The number of likely N-dealkylation sites (tertiary alicyclic amines) is 1. The van der Waals surface area contributed by atoms with Crippen molar-refractivity contribution in [2.45, 2.75) is 40.5 Å². The molecular weight excluding hydrogens is 342 g/mol. The van der Waals surface area contributed by atoms with E-state index in [0.29, 0.717) is 31.0 Å². The standard InChI is InChI=1S/C21H27N3O3/c1-5-27-21(26)17-10-8-12-23(13-17)20(25)19-15(3)22-24(16(19)4)18-11-7-6-9-14(18)2/h6-7,9,11,17H,5,8,10,12-13H2,1-4H3/t17-/m1/s1. The van der Waals surface area contributed by atoms with Gasteiger partial charge in [0.15, 0.2) is 0 Å². The quantitative estimate of drug-likeness (QED) is 0.776. The molecule has 1 aromatic carbocycles. The van der Waals surface area contributed by atoms with E-state index in [4.69, 9.17) is 4.74 Å². The smallest absolute Gasteiger partial charge is 0.310 e. The van der Waals surface area contributed by atoms with Crippen LogP contribution in [0.4, 0.5) is 0 Å². The van der Waals surface area contributed by atoms with E-state index < -0.39 is 0 Å². The van der Waals surface area contributed by atoms with Gasteiger partial charge in [0, 0.05) is 13.1 Å². The van der Waals surface area contributed by atoms with Crippen LogP contribution in [0.25, 0.3) is 5.69 Å². The van der Waals surface area contributed by atoms with E-state index in [1.807, 2.05) is 49.7 Å². The summed E-state index contributed by atoms with van der Waals surface area (Å²) in [6, 6.07) is 7.98. The first-order chi connectivity index (χ1) is 12.9. The average molecular weight is 369 g/mol. The molecule has 1 saturated heterocycles. The second kappa shape index (κ2) is 7.94. The zero-order chi connectivity index (χ0) is 19.6. The molecule has 1 amide bonds. The average Bonchev–Trinajstić information content (AvgIpc) is 2.96. The summed E-state index contributed by atoms with van der Waals surface area (Å²) < 4.78 is 6.98. The number of hydrogen-bond acceptors (Lipinski definition) is 4. The fourth-order valence-electron chi connectivity index (χ4n) is 3.76. The Balaban J connectivity index is 1.87. The van der Waals surface area contributed by atoms with Crippen molar-refractivity contribution in [1.82, 2.24) is 14.7 Å². The summed E-state index contributed by atoms with van der Waals surface area (Å²) >= 11 is 0. The maximum Gasteiger partial charge on any atom is 0.310 e. The predicted octanol–water partition coefficient (Wildman–Crippen LogP) is 3.21. The monoisotopic (exact) mass is 369 g/mol. The summed E-state index contributed by atoms with van der Waals surface area (Å²) in [5, 5.41) is 4.62. The van der Waals surface area contributed by atoms with Crippen LogP contribution in [0, 0.1) is 26.7 Å². The van der Waals surface area contributed by atoms with Gasteiger partial charge in [-0.1, -0.05) is 18.2 Å². The summed E-state index contributed by atoms with van der Waals surface area (Å²) in [5.74, 6) is -0.507. The van der Waals surface area contributed by atoms with Gasteiger partial charge < -0.3 is 9.64 Å². The van der Waals surface area contributed by atoms with E-state index in [1.165, 1.54) is 0 Å². The lowest BCUT2D eigenvalue weighted by Gasteiger charge is -2.31. The third-order valence-corrected chi connectivity index (χ3v) is 5.18. The molecule has 2 aromatic rings. The molecule has 0 N–H and O–H groups in total. The molecule has 144 valence electrons. The number of aromatic nitrogens is 2. The Hall–Kier alpha value is -2.63. The van der Waals surface area contributed by atoms with Crippen LogP contribution >= 0.6 is 0 Å². The number of carbonyl (C=O) groups is 2. The van der Waals surface area contributed by atoms with Crippen molar-refractivity contribution in [3.63, 3.8) is 0 Å². The molecule has 0 unspecified atom stereocenters. The number of ether oxygens (including phenoxy) is 1. The summed E-state index contributed by atoms with van der Waals surface area (Å²) in [6.45, 7) is 9.05. The minimum atomic E-state index is -0.241. The molecule has 0 saturated carbocycles. The summed E-state index contributed by atoms with van der Waals surface area (Å²) in [6.07, 6.45) is 1.57. The number of aryl methyl sites for hydroxylation is 2. The van der Waals surface area contributed by atoms with Crippen LogP contribution < -0.4 is 0 Å². The lowest BCUT2D eigenvalue weighted by atomic mass is 9.97. The van der Waals surface area contributed by atoms with Gasteiger partial charge in [0.1, 0.15) is 0 Å². The van der Waals surface area contributed by atoms with Crippen molar-refractivity contribution in [3.05, 3.63) is 46.8 Å². The highest BCUT2D eigenvalue weighted by molar-refractivity contribution is 5.97. The lowest BCUT2D eigenvalue weighted by molar-refractivity contribution is -0.149. The number of rotatable bonds is 4. The first-order valence-corrected chi connectivity index (χ1v) is 9.52. The fourth-order valence-corrected chi connectivity index (χ4v) is 3.76. The molecule has 1 aromatic heterocycles. The lowest BCUT2D eigenvalue weighted by Crippen LogP contribution is -2.43. The molecule has 1 aliphatic rings. The van der Waals surface area contributed by atoms with Crippen molar-refractivity contribution in [1.29, 1.82) is 0 Å². The van der Waals surface area contributed by atoms with Gasteiger partial charge in [0.25, 0.3) is 5.91 Å². The molecule has 6 nitrogen and oxygen atoms in total. The number of esters is 1. The molecule has 0 spiro atoms. The number of benzene rings is 1. The van der Waals surface area contributed by atoms with Crippen molar-refractivity contribution < 1.29 is 14.3 Å². The Kier molecular flexibility index (Phi) is 5.63. The minimum absolute atomic E-state index is 0.0566. The van der Waals surface area contributed by atoms with Gasteiger partial charge in [-0.2, -0.15) is 5.10 Å². The van der Waals surface area contributed by atoms with Crippen LogP contribution in [-0.2, 0) is 9.53 Å². The maximum atomic E-state index is 13.2. The highest BCUT2D eigenvalue weighted by Crippen LogP contribution is 2.25. The third kappa shape index (κ3) is 3.75. The Morgan fingerprint density at radius 1 is 1.22 bits per heavy atom. The van der Waals surface area contributed by atoms with Crippen LogP contribution in [0.3, 0.4) is 0 Å². The normalized spacial score (nSPS) is 17.0. The molecule has 0 radical (unpaired) electrons. The molecule has 27 heavy (non-hydrogen) atoms. The van der Waals surface area contributed by atoms with Gasteiger partial charge in [-0.25, -0.2) is 4.68 Å². The van der Waals surface area contributed by atoms with E-state index in [-0.39, 0.29) is 17.8 Å². The number of hydrogen-bond donors (Lipinski definition) is 0. The van der Waals surface area contributed by atoms with Crippen molar-refractivity contribution in [3.8, 4) is 5.69 Å².